The third-order valence-corrected chi connectivity index (χ3v) is 6.10. The van der Waals surface area contributed by atoms with E-state index < -0.39 is 18.0 Å². The van der Waals surface area contributed by atoms with Crippen molar-refractivity contribution in [1.29, 1.82) is 0 Å². The summed E-state index contributed by atoms with van der Waals surface area (Å²) in [7, 11) is 1.62. The molecule has 0 fully saturated rings. The lowest BCUT2D eigenvalue weighted by atomic mass is 10.1. The van der Waals surface area contributed by atoms with Crippen molar-refractivity contribution < 1.29 is 19.1 Å². The number of aromatic amines is 1. The Morgan fingerprint density at radius 3 is 2.51 bits per heavy atom. The van der Waals surface area contributed by atoms with Crippen LogP contribution in [0, 0.1) is 6.92 Å². The number of amides is 1. The van der Waals surface area contributed by atoms with Crippen LogP contribution in [0.25, 0.3) is 33.3 Å². The summed E-state index contributed by atoms with van der Waals surface area (Å²) in [5.41, 5.74) is 4.82. The number of benzene rings is 3. The zero-order valence-corrected chi connectivity index (χ0v) is 20.7. The third-order valence-electron chi connectivity index (χ3n) is 6.10. The number of nitrogens with one attached hydrogen (secondary N) is 2. The number of carbonyl (C=O) groups is 2. The van der Waals surface area contributed by atoms with Crippen LogP contribution in [0.1, 0.15) is 29.4 Å². The first-order valence-corrected chi connectivity index (χ1v) is 12.0. The fraction of sp³-hybridized carbons (Fsp3) is 0.172. The van der Waals surface area contributed by atoms with Crippen molar-refractivity contribution in [2.24, 2.45) is 0 Å². The molecule has 0 aliphatic carbocycles. The summed E-state index contributed by atoms with van der Waals surface area (Å²) in [4.78, 5) is 38.4. The fourth-order valence-corrected chi connectivity index (χ4v) is 4.17. The first-order valence-electron chi connectivity index (χ1n) is 12.0. The highest BCUT2D eigenvalue weighted by atomic mass is 16.5. The van der Waals surface area contributed by atoms with E-state index >= 15 is 0 Å². The molecule has 2 aromatic heterocycles. The topological polar surface area (TPSA) is 106 Å². The summed E-state index contributed by atoms with van der Waals surface area (Å²) in [5, 5.41) is 3.73. The Morgan fingerprint density at radius 2 is 1.76 bits per heavy atom. The molecule has 2 heterocycles. The average Bonchev–Trinajstić information content (AvgIpc) is 3.35. The van der Waals surface area contributed by atoms with Gasteiger partial charge in [-0.1, -0.05) is 25.1 Å². The van der Waals surface area contributed by atoms with E-state index in [0.29, 0.717) is 34.5 Å². The van der Waals surface area contributed by atoms with Gasteiger partial charge in [0, 0.05) is 16.6 Å². The van der Waals surface area contributed by atoms with E-state index in [-0.39, 0.29) is 0 Å². The zero-order valence-electron chi connectivity index (χ0n) is 20.7. The Hall–Kier alpha value is -4.72. The molecular formula is C29H26N4O4. The molecule has 37 heavy (non-hydrogen) atoms. The highest BCUT2D eigenvalue weighted by molar-refractivity contribution is 6.04. The molecule has 3 aromatic carbocycles. The van der Waals surface area contributed by atoms with Gasteiger partial charge in [0.15, 0.2) is 6.10 Å². The van der Waals surface area contributed by atoms with Gasteiger partial charge in [0.2, 0.25) is 0 Å². The maximum atomic E-state index is 13.0. The van der Waals surface area contributed by atoms with Gasteiger partial charge in [-0.3, -0.25) is 9.78 Å². The summed E-state index contributed by atoms with van der Waals surface area (Å²) in [6.07, 6.45) is -0.625. The number of aromatic nitrogens is 3. The van der Waals surface area contributed by atoms with Crippen LogP contribution in [-0.2, 0) is 9.53 Å². The second kappa shape index (κ2) is 10.1. The van der Waals surface area contributed by atoms with Crippen molar-refractivity contribution in [3.63, 3.8) is 0 Å². The van der Waals surface area contributed by atoms with Crippen molar-refractivity contribution in [3.05, 3.63) is 84.1 Å². The van der Waals surface area contributed by atoms with Gasteiger partial charge in [0.1, 0.15) is 11.6 Å². The van der Waals surface area contributed by atoms with E-state index in [4.69, 9.17) is 9.47 Å². The normalized spacial score (nSPS) is 11.9. The monoisotopic (exact) mass is 494 g/mol. The molecule has 1 unspecified atom stereocenters. The molecule has 186 valence electrons. The van der Waals surface area contributed by atoms with Crippen LogP contribution in [0.5, 0.6) is 5.75 Å². The number of carbonyl (C=O) groups excluding carboxylic acids is 2. The minimum absolute atomic E-state index is 0.327. The van der Waals surface area contributed by atoms with Crippen LogP contribution in [0.15, 0.2) is 72.8 Å². The van der Waals surface area contributed by atoms with E-state index in [1.165, 1.54) is 0 Å². The SMILES string of the molecule is CCC(OC(=O)c1ccc2nc(-c3ccc(OC)cc3)[nH]c2c1)C(=O)Nc1cc(C)nc2ccccc12. The van der Waals surface area contributed by atoms with E-state index in [1.54, 1.807) is 38.3 Å². The molecule has 0 saturated heterocycles. The highest BCUT2D eigenvalue weighted by Crippen LogP contribution is 2.25. The van der Waals surface area contributed by atoms with Crippen LogP contribution in [0.4, 0.5) is 5.69 Å². The molecule has 5 rings (SSSR count). The van der Waals surface area contributed by atoms with Crippen molar-refractivity contribution >= 4 is 39.5 Å². The van der Waals surface area contributed by atoms with Crippen molar-refractivity contribution in [3.8, 4) is 17.1 Å². The molecule has 8 nitrogen and oxygen atoms in total. The predicted molar refractivity (Wildman–Crippen MR) is 143 cm³/mol. The zero-order chi connectivity index (χ0) is 25.9. The van der Waals surface area contributed by atoms with E-state index in [0.717, 1.165) is 27.9 Å². The molecule has 0 aliphatic rings. The molecule has 5 aromatic rings. The maximum Gasteiger partial charge on any atom is 0.338 e. The Morgan fingerprint density at radius 1 is 0.973 bits per heavy atom. The number of nitrogens with zero attached hydrogens (tertiary/aromatic N) is 2. The first-order chi connectivity index (χ1) is 17.9. The molecule has 0 spiro atoms. The van der Waals surface area contributed by atoms with E-state index in [1.807, 2.05) is 55.5 Å². The Bertz CT molecular complexity index is 1610. The number of rotatable bonds is 7. The number of esters is 1. The van der Waals surface area contributed by atoms with Crippen molar-refractivity contribution in [2.45, 2.75) is 26.4 Å². The third kappa shape index (κ3) is 4.99. The van der Waals surface area contributed by atoms with E-state index in [2.05, 4.69) is 20.3 Å². The number of hydrogen-bond donors (Lipinski definition) is 2. The summed E-state index contributed by atoms with van der Waals surface area (Å²) < 4.78 is 10.8. The minimum atomic E-state index is -0.952. The highest BCUT2D eigenvalue weighted by Gasteiger charge is 2.23. The summed E-state index contributed by atoms with van der Waals surface area (Å²) in [6, 6.07) is 22.0. The number of imidazole rings is 1. The van der Waals surface area contributed by atoms with Crippen LogP contribution in [0.3, 0.4) is 0 Å². The molecule has 0 bridgehead atoms. The van der Waals surface area contributed by atoms with Gasteiger partial charge in [-0.05, 0) is 67.9 Å². The lowest BCUT2D eigenvalue weighted by Crippen LogP contribution is -2.32. The standard InChI is InChI=1S/C29H26N4O4/c1-4-26(28(34)33-24-15-17(2)30-22-8-6-5-7-21(22)24)37-29(35)19-11-14-23-25(16-19)32-27(31-23)18-9-12-20(36-3)13-10-18/h5-16,26H,4H2,1-3H3,(H,31,32)(H,30,33,34). The molecule has 1 amide bonds. The van der Waals surface area contributed by atoms with Crippen LogP contribution in [0.2, 0.25) is 0 Å². The van der Waals surface area contributed by atoms with Crippen LogP contribution >= 0.6 is 0 Å². The molecule has 0 aliphatic heterocycles. The minimum Gasteiger partial charge on any atom is -0.497 e. The maximum absolute atomic E-state index is 13.0. The average molecular weight is 495 g/mol. The number of para-hydroxylation sites is 1. The number of pyridine rings is 1. The summed E-state index contributed by atoms with van der Waals surface area (Å²) in [6.45, 7) is 3.66. The quantitative estimate of drug-likeness (QED) is 0.283. The lowest BCUT2D eigenvalue weighted by molar-refractivity contribution is -0.124. The Kier molecular flexibility index (Phi) is 6.55. The van der Waals surface area contributed by atoms with Crippen LogP contribution < -0.4 is 10.1 Å². The van der Waals surface area contributed by atoms with Gasteiger partial charge in [0.25, 0.3) is 5.91 Å². The van der Waals surface area contributed by atoms with Gasteiger partial charge >= 0.3 is 5.97 Å². The van der Waals surface area contributed by atoms with E-state index in [9.17, 15) is 9.59 Å². The van der Waals surface area contributed by atoms with Gasteiger partial charge in [-0.2, -0.15) is 0 Å². The second-order valence-electron chi connectivity index (χ2n) is 8.67. The number of hydrogen-bond acceptors (Lipinski definition) is 6. The first kappa shape index (κ1) is 24.0. The number of ether oxygens (including phenoxy) is 2. The number of fused-ring (bicyclic) bond motifs is 2. The number of H-pyrrole nitrogens is 1. The Labute approximate surface area is 213 Å². The number of anilines is 1. The molecule has 2 N–H and O–H groups in total. The van der Waals surface area contributed by atoms with Crippen molar-refractivity contribution in [2.75, 3.05) is 12.4 Å². The second-order valence-corrected chi connectivity index (χ2v) is 8.67. The van der Waals surface area contributed by atoms with Gasteiger partial charge in [-0.15, -0.1) is 0 Å². The lowest BCUT2D eigenvalue weighted by Gasteiger charge is -2.17. The fourth-order valence-electron chi connectivity index (χ4n) is 4.17. The number of methoxy groups -OCH3 is 1. The smallest absolute Gasteiger partial charge is 0.338 e. The summed E-state index contributed by atoms with van der Waals surface area (Å²) >= 11 is 0. The number of aryl methyl sites for hydroxylation is 1. The van der Waals surface area contributed by atoms with Crippen LogP contribution in [-0.4, -0.2) is 40.0 Å². The van der Waals surface area contributed by atoms with Gasteiger partial charge in [0.05, 0.1) is 34.9 Å². The van der Waals surface area contributed by atoms with Gasteiger partial charge < -0.3 is 19.8 Å². The molecule has 1 atom stereocenters. The molecular weight excluding hydrogens is 468 g/mol. The Balaban J connectivity index is 1.33. The predicted octanol–water partition coefficient (Wildman–Crippen LogP) is 5.67. The molecule has 0 radical (unpaired) electrons. The summed E-state index contributed by atoms with van der Waals surface area (Å²) in [5.74, 6) is 0.455. The van der Waals surface area contributed by atoms with Gasteiger partial charge in [-0.25, -0.2) is 9.78 Å². The van der Waals surface area contributed by atoms with Crippen molar-refractivity contribution in [1.82, 2.24) is 15.0 Å². The largest absolute Gasteiger partial charge is 0.497 e. The molecule has 0 saturated carbocycles. The molecule has 8 heteroatoms.